The Morgan fingerprint density at radius 3 is 2.56 bits per heavy atom. The van der Waals surface area contributed by atoms with Crippen molar-refractivity contribution in [1.29, 1.82) is 0 Å². The van der Waals surface area contributed by atoms with Crippen LogP contribution in [0.1, 0.15) is 11.1 Å². The number of nitrogens with one attached hydrogen (secondary N) is 1. The Bertz CT molecular complexity index is 850. The van der Waals surface area contributed by atoms with E-state index in [9.17, 15) is 4.39 Å². The van der Waals surface area contributed by atoms with Gasteiger partial charge in [0, 0.05) is 24.2 Å². The van der Waals surface area contributed by atoms with Crippen molar-refractivity contribution in [3.05, 3.63) is 90.3 Å². The highest BCUT2D eigenvalue weighted by molar-refractivity contribution is 5.87. The van der Waals surface area contributed by atoms with E-state index in [2.05, 4.69) is 24.0 Å². The molecule has 25 heavy (non-hydrogen) atoms. The molecule has 0 atom stereocenters. The topological polar surface area (TPSA) is 21.3 Å². The summed E-state index contributed by atoms with van der Waals surface area (Å²) in [7, 11) is 0. The lowest BCUT2D eigenvalue weighted by atomic mass is 10.0. The SMILES string of the molecule is C=CCNCc1c(OCc2ccccc2F)ccc2ccccc12.Cl. The van der Waals surface area contributed by atoms with Crippen LogP contribution in [0.4, 0.5) is 4.39 Å². The predicted octanol–water partition coefficient (Wildman–Crippen LogP) is 5.26. The van der Waals surface area contributed by atoms with Crippen LogP contribution in [0.2, 0.25) is 0 Å². The fourth-order valence-electron chi connectivity index (χ4n) is 2.70. The zero-order valence-electron chi connectivity index (χ0n) is 13.9. The first-order chi connectivity index (χ1) is 11.8. The highest BCUT2D eigenvalue weighted by atomic mass is 35.5. The summed E-state index contributed by atoms with van der Waals surface area (Å²) >= 11 is 0. The largest absolute Gasteiger partial charge is 0.488 e. The van der Waals surface area contributed by atoms with Gasteiger partial charge in [-0.3, -0.25) is 0 Å². The van der Waals surface area contributed by atoms with Gasteiger partial charge in [-0.2, -0.15) is 0 Å². The summed E-state index contributed by atoms with van der Waals surface area (Å²) in [5.41, 5.74) is 1.63. The third kappa shape index (κ3) is 4.59. The van der Waals surface area contributed by atoms with E-state index in [4.69, 9.17) is 4.74 Å². The molecule has 0 unspecified atom stereocenters. The Kier molecular flexibility index (Phi) is 6.99. The molecule has 2 nitrogen and oxygen atoms in total. The van der Waals surface area contributed by atoms with E-state index >= 15 is 0 Å². The second-order valence-corrected chi connectivity index (χ2v) is 5.56. The smallest absolute Gasteiger partial charge is 0.129 e. The average molecular weight is 358 g/mol. The first-order valence-electron chi connectivity index (χ1n) is 7.98. The summed E-state index contributed by atoms with van der Waals surface area (Å²) < 4.78 is 19.7. The van der Waals surface area contributed by atoms with Gasteiger partial charge in [0.05, 0.1) is 0 Å². The van der Waals surface area contributed by atoms with Crippen molar-refractivity contribution in [3.63, 3.8) is 0 Å². The summed E-state index contributed by atoms with van der Waals surface area (Å²) in [6, 6.07) is 18.9. The van der Waals surface area contributed by atoms with Gasteiger partial charge >= 0.3 is 0 Å². The van der Waals surface area contributed by atoms with Gasteiger partial charge in [0.25, 0.3) is 0 Å². The second kappa shape index (κ2) is 9.21. The molecule has 0 aliphatic rings. The summed E-state index contributed by atoms with van der Waals surface area (Å²) in [4.78, 5) is 0. The number of fused-ring (bicyclic) bond motifs is 1. The molecule has 3 rings (SSSR count). The van der Waals surface area contributed by atoms with E-state index in [1.165, 1.54) is 6.07 Å². The van der Waals surface area contributed by atoms with Crippen molar-refractivity contribution in [2.75, 3.05) is 6.54 Å². The van der Waals surface area contributed by atoms with Crippen molar-refractivity contribution in [2.24, 2.45) is 0 Å². The number of halogens is 2. The Morgan fingerprint density at radius 2 is 1.76 bits per heavy atom. The standard InChI is InChI=1S/C21H20FNO.ClH/c1-2-13-23-14-19-18-9-5-3-7-16(18)11-12-21(19)24-15-17-8-4-6-10-20(17)22;/h2-12,23H,1,13-15H2;1H. The van der Waals surface area contributed by atoms with E-state index < -0.39 is 0 Å². The summed E-state index contributed by atoms with van der Waals surface area (Å²) in [6.45, 7) is 5.32. The third-order valence-electron chi connectivity index (χ3n) is 3.93. The monoisotopic (exact) mass is 357 g/mol. The van der Waals surface area contributed by atoms with Crippen LogP contribution < -0.4 is 10.1 Å². The average Bonchev–Trinajstić information content (AvgIpc) is 2.62. The maximum absolute atomic E-state index is 13.8. The minimum atomic E-state index is -0.246. The van der Waals surface area contributed by atoms with Crippen LogP contribution in [0, 0.1) is 5.82 Å². The molecule has 1 N–H and O–H groups in total. The first-order valence-corrected chi connectivity index (χ1v) is 7.98. The van der Waals surface area contributed by atoms with Crippen molar-refractivity contribution in [1.82, 2.24) is 5.32 Å². The second-order valence-electron chi connectivity index (χ2n) is 5.56. The van der Waals surface area contributed by atoms with Crippen molar-refractivity contribution >= 4 is 23.2 Å². The van der Waals surface area contributed by atoms with Crippen LogP contribution in [0.3, 0.4) is 0 Å². The van der Waals surface area contributed by atoms with Gasteiger partial charge in [0.2, 0.25) is 0 Å². The minimum Gasteiger partial charge on any atom is -0.488 e. The molecule has 0 amide bonds. The van der Waals surface area contributed by atoms with Gasteiger partial charge in [0.15, 0.2) is 0 Å². The number of ether oxygens (including phenoxy) is 1. The van der Waals surface area contributed by atoms with Crippen molar-refractivity contribution in [2.45, 2.75) is 13.2 Å². The number of hydrogen-bond acceptors (Lipinski definition) is 2. The van der Waals surface area contributed by atoms with E-state index in [0.717, 1.165) is 28.6 Å². The van der Waals surface area contributed by atoms with Crippen LogP contribution in [0.25, 0.3) is 10.8 Å². The molecule has 0 aliphatic heterocycles. The van der Waals surface area contributed by atoms with E-state index in [-0.39, 0.29) is 24.8 Å². The van der Waals surface area contributed by atoms with E-state index in [1.807, 2.05) is 36.4 Å². The van der Waals surface area contributed by atoms with Crippen LogP contribution in [0.15, 0.2) is 73.3 Å². The molecule has 0 aromatic heterocycles. The molecule has 3 aromatic rings. The Morgan fingerprint density at radius 1 is 1.00 bits per heavy atom. The number of rotatable bonds is 7. The lowest BCUT2D eigenvalue weighted by Gasteiger charge is -2.15. The van der Waals surface area contributed by atoms with Crippen LogP contribution >= 0.6 is 12.4 Å². The van der Waals surface area contributed by atoms with Gasteiger partial charge in [0.1, 0.15) is 18.2 Å². The van der Waals surface area contributed by atoms with Crippen LogP contribution in [-0.4, -0.2) is 6.54 Å². The molecule has 0 saturated heterocycles. The Hall–Kier alpha value is -2.36. The fraction of sp³-hybridized carbons (Fsp3) is 0.143. The van der Waals surface area contributed by atoms with Crippen molar-refractivity contribution < 1.29 is 9.13 Å². The number of benzene rings is 3. The van der Waals surface area contributed by atoms with Gasteiger partial charge < -0.3 is 10.1 Å². The highest BCUT2D eigenvalue weighted by Gasteiger charge is 2.10. The Balaban J connectivity index is 0.00000225. The van der Waals surface area contributed by atoms with E-state index in [1.54, 1.807) is 12.1 Å². The molecule has 130 valence electrons. The molecule has 0 fully saturated rings. The van der Waals surface area contributed by atoms with Crippen LogP contribution in [-0.2, 0) is 13.2 Å². The lowest BCUT2D eigenvalue weighted by Crippen LogP contribution is -2.14. The van der Waals surface area contributed by atoms with Crippen molar-refractivity contribution in [3.8, 4) is 5.75 Å². The molecule has 0 spiro atoms. The Labute approximate surface area is 153 Å². The maximum atomic E-state index is 13.8. The normalized spacial score (nSPS) is 10.3. The summed E-state index contributed by atoms with van der Waals surface area (Å²) in [5, 5.41) is 5.62. The summed E-state index contributed by atoms with van der Waals surface area (Å²) in [6.07, 6.45) is 1.82. The number of hydrogen-bond donors (Lipinski definition) is 1. The predicted molar refractivity (Wildman–Crippen MR) is 104 cm³/mol. The third-order valence-corrected chi connectivity index (χ3v) is 3.93. The maximum Gasteiger partial charge on any atom is 0.129 e. The minimum absolute atomic E-state index is 0. The summed E-state index contributed by atoms with van der Waals surface area (Å²) in [5.74, 6) is 0.526. The van der Waals surface area contributed by atoms with Gasteiger partial charge in [-0.25, -0.2) is 4.39 Å². The molecule has 0 aliphatic carbocycles. The molecule has 4 heteroatoms. The molecular formula is C21H21ClFNO. The molecular weight excluding hydrogens is 337 g/mol. The highest BCUT2D eigenvalue weighted by Crippen LogP contribution is 2.29. The van der Waals surface area contributed by atoms with Crippen LogP contribution in [0.5, 0.6) is 5.75 Å². The van der Waals surface area contributed by atoms with Gasteiger partial charge in [-0.15, -0.1) is 19.0 Å². The zero-order valence-corrected chi connectivity index (χ0v) is 14.7. The molecule has 3 aromatic carbocycles. The lowest BCUT2D eigenvalue weighted by molar-refractivity contribution is 0.296. The van der Waals surface area contributed by atoms with E-state index in [0.29, 0.717) is 12.1 Å². The molecule has 0 saturated carbocycles. The zero-order chi connectivity index (χ0) is 16.8. The molecule has 0 radical (unpaired) electrons. The quantitative estimate of drug-likeness (QED) is 0.460. The fourth-order valence-corrected chi connectivity index (χ4v) is 2.70. The molecule has 0 bridgehead atoms. The molecule has 0 heterocycles. The first kappa shape index (κ1) is 19.0. The van der Waals surface area contributed by atoms with Gasteiger partial charge in [-0.05, 0) is 22.9 Å². The van der Waals surface area contributed by atoms with Gasteiger partial charge in [-0.1, -0.05) is 54.6 Å².